The molecule has 3 heteroatoms. The molecule has 0 saturated carbocycles. The lowest BCUT2D eigenvalue weighted by Gasteiger charge is -2.32. The highest BCUT2D eigenvalue weighted by atomic mass is 32.2. The zero-order chi connectivity index (χ0) is 16.0. The molecule has 0 aromatic heterocycles. The summed E-state index contributed by atoms with van der Waals surface area (Å²) in [6, 6.07) is 19.3. The van der Waals surface area contributed by atoms with Crippen LogP contribution in [0.15, 0.2) is 54.6 Å². The molecular weight excluding hydrogens is 320 g/mol. The van der Waals surface area contributed by atoms with E-state index < -0.39 is 0 Å². The number of rotatable bonds is 6. The fourth-order valence-electron chi connectivity index (χ4n) is 2.77. The summed E-state index contributed by atoms with van der Waals surface area (Å²) in [4.78, 5) is 0. The standard InChI is InChI=1S/C20H24OS2/c1-20(22-15-6-16-23-20)18-10-12-19(13-11-18)21-14-5-9-17-7-3-2-4-8-17/h2-4,7-8,10-13H,5-6,9,14-16H2,1H3. The van der Waals surface area contributed by atoms with Crippen LogP contribution in [0.3, 0.4) is 0 Å². The Hall–Kier alpha value is -1.06. The third-order valence-corrected chi connectivity index (χ3v) is 7.41. The molecule has 0 amide bonds. The number of benzene rings is 2. The van der Waals surface area contributed by atoms with Gasteiger partial charge in [-0.25, -0.2) is 0 Å². The van der Waals surface area contributed by atoms with Crippen LogP contribution in [-0.4, -0.2) is 18.1 Å². The van der Waals surface area contributed by atoms with Gasteiger partial charge in [-0.05, 0) is 61.0 Å². The smallest absolute Gasteiger partial charge is 0.119 e. The second-order valence-corrected chi connectivity index (χ2v) is 9.24. The van der Waals surface area contributed by atoms with Gasteiger partial charge >= 0.3 is 0 Å². The van der Waals surface area contributed by atoms with Gasteiger partial charge in [-0.15, -0.1) is 23.5 Å². The molecule has 0 spiro atoms. The van der Waals surface area contributed by atoms with E-state index >= 15 is 0 Å². The second-order valence-electron chi connectivity index (χ2n) is 5.96. The van der Waals surface area contributed by atoms with Crippen molar-refractivity contribution in [2.75, 3.05) is 18.1 Å². The van der Waals surface area contributed by atoms with Gasteiger partial charge in [0, 0.05) is 0 Å². The number of ether oxygens (including phenoxy) is 1. The van der Waals surface area contributed by atoms with Crippen LogP contribution in [0.25, 0.3) is 0 Å². The lowest BCUT2D eigenvalue weighted by Crippen LogP contribution is -2.18. The van der Waals surface area contributed by atoms with E-state index in [0.717, 1.165) is 25.2 Å². The number of thioether (sulfide) groups is 2. The van der Waals surface area contributed by atoms with Crippen molar-refractivity contribution < 1.29 is 4.74 Å². The molecular formula is C20H24OS2. The molecule has 0 bridgehead atoms. The molecule has 23 heavy (non-hydrogen) atoms. The van der Waals surface area contributed by atoms with Crippen molar-refractivity contribution in [2.24, 2.45) is 0 Å². The van der Waals surface area contributed by atoms with E-state index in [2.05, 4.69) is 85.0 Å². The Balaban J connectivity index is 1.48. The van der Waals surface area contributed by atoms with Gasteiger partial charge in [0.15, 0.2) is 0 Å². The maximum absolute atomic E-state index is 5.89. The Bertz CT molecular complexity index is 589. The van der Waals surface area contributed by atoms with Crippen molar-refractivity contribution in [3.05, 3.63) is 65.7 Å². The SMILES string of the molecule is CC1(c2ccc(OCCCc3ccccc3)cc2)SCCCS1. The van der Waals surface area contributed by atoms with Crippen LogP contribution < -0.4 is 4.74 Å². The van der Waals surface area contributed by atoms with E-state index in [9.17, 15) is 0 Å². The summed E-state index contributed by atoms with van der Waals surface area (Å²) in [7, 11) is 0. The van der Waals surface area contributed by atoms with E-state index in [-0.39, 0.29) is 4.08 Å². The molecule has 1 heterocycles. The second kappa shape index (κ2) is 8.16. The number of hydrogen-bond donors (Lipinski definition) is 0. The van der Waals surface area contributed by atoms with Gasteiger partial charge < -0.3 is 4.74 Å². The quantitative estimate of drug-likeness (QED) is 0.618. The zero-order valence-electron chi connectivity index (χ0n) is 13.7. The highest BCUT2D eigenvalue weighted by Gasteiger charge is 2.30. The minimum absolute atomic E-state index is 0.212. The first-order chi connectivity index (χ1) is 11.3. The van der Waals surface area contributed by atoms with Gasteiger partial charge in [0.1, 0.15) is 5.75 Å². The minimum Gasteiger partial charge on any atom is -0.494 e. The molecule has 0 unspecified atom stereocenters. The first-order valence-corrected chi connectivity index (χ1v) is 10.3. The van der Waals surface area contributed by atoms with Gasteiger partial charge in [-0.3, -0.25) is 0 Å². The first kappa shape index (κ1) is 16.8. The van der Waals surface area contributed by atoms with Crippen LogP contribution in [-0.2, 0) is 10.5 Å². The molecule has 122 valence electrons. The average Bonchev–Trinajstić information content (AvgIpc) is 2.61. The van der Waals surface area contributed by atoms with Crippen LogP contribution in [0.1, 0.15) is 30.9 Å². The molecule has 2 aromatic carbocycles. The average molecular weight is 345 g/mol. The van der Waals surface area contributed by atoms with Crippen molar-refractivity contribution in [1.82, 2.24) is 0 Å². The lowest BCUT2D eigenvalue weighted by atomic mass is 10.1. The van der Waals surface area contributed by atoms with E-state index in [1.54, 1.807) is 0 Å². The first-order valence-electron chi connectivity index (χ1n) is 8.31. The van der Waals surface area contributed by atoms with Gasteiger partial charge in [0.2, 0.25) is 0 Å². The molecule has 3 rings (SSSR count). The Labute approximate surface area is 148 Å². The van der Waals surface area contributed by atoms with Gasteiger partial charge in [-0.1, -0.05) is 42.5 Å². The van der Waals surface area contributed by atoms with Crippen LogP contribution in [0.4, 0.5) is 0 Å². The summed E-state index contributed by atoms with van der Waals surface area (Å²) in [6.45, 7) is 3.12. The van der Waals surface area contributed by atoms with Gasteiger partial charge in [-0.2, -0.15) is 0 Å². The van der Waals surface area contributed by atoms with E-state index in [0.29, 0.717) is 0 Å². The predicted octanol–water partition coefficient (Wildman–Crippen LogP) is 5.74. The Kier molecular flexibility index (Phi) is 5.96. The molecule has 1 saturated heterocycles. The third-order valence-electron chi connectivity index (χ3n) is 4.14. The topological polar surface area (TPSA) is 9.23 Å². The van der Waals surface area contributed by atoms with Crippen molar-refractivity contribution in [2.45, 2.75) is 30.3 Å². The largest absolute Gasteiger partial charge is 0.494 e. The molecule has 0 N–H and O–H groups in total. The summed E-state index contributed by atoms with van der Waals surface area (Å²) < 4.78 is 6.10. The highest BCUT2D eigenvalue weighted by Crippen LogP contribution is 2.49. The number of aryl methyl sites for hydroxylation is 1. The van der Waals surface area contributed by atoms with Gasteiger partial charge in [0.05, 0.1) is 10.7 Å². The van der Waals surface area contributed by atoms with Crippen molar-refractivity contribution in [3.8, 4) is 5.75 Å². The van der Waals surface area contributed by atoms with Crippen LogP contribution in [0.2, 0.25) is 0 Å². The molecule has 1 aliphatic heterocycles. The fraction of sp³-hybridized carbons (Fsp3) is 0.400. The van der Waals surface area contributed by atoms with Crippen LogP contribution >= 0.6 is 23.5 Å². The highest BCUT2D eigenvalue weighted by molar-refractivity contribution is 8.18. The Morgan fingerprint density at radius 3 is 2.35 bits per heavy atom. The van der Waals surface area contributed by atoms with Crippen molar-refractivity contribution in [3.63, 3.8) is 0 Å². The normalized spacial score (nSPS) is 16.9. The summed E-state index contributed by atoms with van der Waals surface area (Å²) >= 11 is 4.13. The van der Waals surface area contributed by atoms with E-state index in [1.807, 2.05) is 0 Å². The Morgan fingerprint density at radius 1 is 0.957 bits per heavy atom. The van der Waals surface area contributed by atoms with E-state index in [1.165, 1.54) is 29.1 Å². The zero-order valence-corrected chi connectivity index (χ0v) is 15.3. The summed E-state index contributed by atoms with van der Waals surface area (Å²) in [5.41, 5.74) is 2.79. The van der Waals surface area contributed by atoms with E-state index in [4.69, 9.17) is 4.74 Å². The van der Waals surface area contributed by atoms with Crippen molar-refractivity contribution >= 4 is 23.5 Å². The molecule has 1 nitrogen and oxygen atoms in total. The summed E-state index contributed by atoms with van der Waals surface area (Å²) in [5, 5.41) is 0. The molecule has 1 fully saturated rings. The molecule has 0 aliphatic carbocycles. The summed E-state index contributed by atoms with van der Waals surface area (Å²) in [5.74, 6) is 3.51. The third kappa shape index (κ3) is 4.71. The molecule has 0 radical (unpaired) electrons. The predicted molar refractivity (Wildman–Crippen MR) is 104 cm³/mol. The maximum Gasteiger partial charge on any atom is 0.119 e. The van der Waals surface area contributed by atoms with Gasteiger partial charge in [0.25, 0.3) is 0 Å². The fourth-order valence-corrected chi connectivity index (χ4v) is 5.74. The number of hydrogen-bond acceptors (Lipinski definition) is 3. The molecule has 0 atom stereocenters. The van der Waals surface area contributed by atoms with Crippen molar-refractivity contribution in [1.29, 1.82) is 0 Å². The lowest BCUT2D eigenvalue weighted by molar-refractivity contribution is 0.311. The molecule has 1 aliphatic rings. The van der Waals surface area contributed by atoms with Crippen LogP contribution in [0, 0.1) is 0 Å². The monoisotopic (exact) mass is 344 g/mol. The molecule has 2 aromatic rings. The minimum atomic E-state index is 0.212. The summed E-state index contributed by atoms with van der Waals surface area (Å²) in [6.07, 6.45) is 3.45. The maximum atomic E-state index is 5.89. The Morgan fingerprint density at radius 2 is 1.65 bits per heavy atom. The van der Waals surface area contributed by atoms with Crippen LogP contribution in [0.5, 0.6) is 5.75 Å².